The lowest BCUT2D eigenvalue weighted by atomic mass is 9.61. The molecule has 0 heterocycles. The van der Waals surface area contributed by atoms with Gasteiger partial charge in [0.2, 0.25) is 0 Å². The number of methoxy groups -OCH3 is 3. The smallest absolute Gasteiger partial charge is 0.156 e. The average Bonchev–Trinajstić information content (AvgIpc) is 2.78. The van der Waals surface area contributed by atoms with Gasteiger partial charge in [0.15, 0.2) is 5.76 Å². The number of carbonyl (C=O) groups is 1. The van der Waals surface area contributed by atoms with Crippen molar-refractivity contribution in [3.05, 3.63) is 53.5 Å². The molecule has 0 radical (unpaired) electrons. The van der Waals surface area contributed by atoms with Crippen molar-refractivity contribution in [3.63, 3.8) is 0 Å². The second kappa shape index (κ2) is 12.6. The maximum atomic E-state index is 11.4. The Labute approximate surface area is 187 Å². The van der Waals surface area contributed by atoms with Crippen molar-refractivity contribution in [1.82, 2.24) is 5.32 Å². The molecule has 1 aliphatic carbocycles. The molecular weight excluding hydrogens is 390 g/mol. The number of rotatable bonds is 14. The first-order valence-electron chi connectivity index (χ1n) is 11.3. The highest BCUT2D eigenvalue weighted by Crippen LogP contribution is 2.52. The van der Waals surface area contributed by atoms with Crippen LogP contribution in [0.5, 0.6) is 5.75 Å². The zero-order chi connectivity index (χ0) is 22.7. The lowest BCUT2D eigenvalue weighted by Crippen LogP contribution is -2.41. The van der Waals surface area contributed by atoms with Gasteiger partial charge in [0.25, 0.3) is 0 Å². The SMILES string of the molecule is COC1=C(OC)C(CCCNCCCc2cccc(OC)c2)(C(C)C)[C@H](CC=O)C=C1. The number of hydrogen-bond donors (Lipinski definition) is 1. The Morgan fingerprint density at radius 1 is 1.10 bits per heavy atom. The lowest BCUT2D eigenvalue weighted by molar-refractivity contribution is -0.109. The number of carbonyl (C=O) groups excluding carboxylic acids is 1. The van der Waals surface area contributed by atoms with Gasteiger partial charge in [-0.05, 0) is 74.4 Å². The molecule has 0 amide bonds. The minimum atomic E-state index is -0.238. The van der Waals surface area contributed by atoms with E-state index in [0.29, 0.717) is 12.3 Å². The predicted molar refractivity (Wildman–Crippen MR) is 125 cm³/mol. The van der Waals surface area contributed by atoms with E-state index in [-0.39, 0.29) is 11.3 Å². The number of aryl methyl sites for hydroxylation is 1. The van der Waals surface area contributed by atoms with E-state index in [4.69, 9.17) is 14.2 Å². The maximum Gasteiger partial charge on any atom is 0.156 e. The van der Waals surface area contributed by atoms with Crippen LogP contribution in [-0.2, 0) is 20.7 Å². The highest BCUT2D eigenvalue weighted by Gasteiger charge is 2.47. The van der Waals surface area contributed by atoms with Gasteiger partial charge in [-0.3, -0.25) is 0 Å². The van der Waals surface area contributed by atoms with Crippen LogP contribution in [0.15, 0.2) is 47.9 Å². The van der Waals surface area contributed by atoms with E-state index in [1.165, 1.54) is 5.56 Å². The molecule has 2 rings (SSSR count). The molecule has 1 aromatic carbocycles. The molecule has 31 heavy (non-hydrogen) atoms. The van der Waals surface area contributed by atoms with Gasteiger partial charge in [0, 0.05) is 11.8 Å². The average molecular weight is 430 g/mol. The molecule has 1 N–H and O–H groups in total. The summed E-state index contributed by atoms with van der Waals surface area (Å²) in [5.74, 6) is 2.98. The van der Waals surface area contributed by atoms with Gasteiger partial charge in [0.05, 0.1) is 21.3 Å². The minimum absolute atomic E-state index is 0.118. The van der Waals surface area contributed by atoms with E-state index >= 15 is 0 Å². The maximum absolute atomic E-state index is 11.4. The van der Waals surface area contributed by atoms with Gasteiger partial charge in [-0.2, -0.15) is 0 Å². The number of benzene rings is 1. The van der Waals surface area contributed by atoms with E-state index in [1.807, 2.05) is 18.2 Å². The Morgan fingerprint density at radius 2 is 1.87 bits per heavy atom. The molecule has 0 saturated heterocycles. The van der Waals surface area contributed by atoms with Crippen molar-refractivity contribution in [2.24, 2.45) is 17.3 Å². The predicted octanol–water partition coefficient (Wildman–Crippen LogP) is 4.92. The van der Waals surface area contributed by atoms with Gasteiger partial charge >= 0.3 is 0 Å². The number of allylic oxidation sites excluding steroid dienone is 3. The molecule has 1 aliphatic rings. The second-order valence-corrected chi connectivity index (χ2v) is 8.47. The number of nitrogens with one attached hydrogen (secondary N) is 1. The quantitative estimate of drug-likeness (QED) is 0.336. The van der Waals surface area contributed by atoms with Crippen molar-refractivity contribution in [3.8, 4) is 5.75 Å². The van der Waals surface area contributed by atoms with Crippen LogP contribution in [0.2, 0.25) is 0 Å². The third kappa shape index (κ3) is 6.13. The highest BCUT2D eigenvalue weighted by atomic mass is 16.5. The Balaban J connectivity index is 1.92. The summed E-state index contributed by atoms with van der Waals surface area (Å²) in [6.45, 7) is 6.33. The van der Waals surface area contributed by atoms with E-state index in [9.17, 15) is 4.79 Å². The molecule has 0 fully saturated rings. The summed E-state index contributed by atoms with van der Waals surface area (Å²) in [5, 5.41) is 3.58. The van der Waals surface area contributed by atoms with Gasteiger partial charge in [-0.1, -0.05) is 32.1 Å². The summed E-state index contributed by atoms with van der Waals surface area (Å²) in [7, 11) is 5.08. The van der Waals surface area contributed by atoms with Crippen LogP contribution in [0.25, 0.3) is 0 Å². The van der Waals surface area contributed by atoms with Crippen LogP contribution < -0.4 is 10.1 Å². The van der Waals surface area contributed by atoms with Gasteiger partial charge in [-0.15, -0.1) is 0 Å². The molecule has 5 nitrogen and oxygen atoms in total. The fraction of sp³-hybridized carbons (Fsp3) is 0.577. The highest BCUT2D eigenvalue weighted by molar-refractivity contribution is 5.52. The van der Waals surface area contributed by atoms with Crippen LogP contribution in [0.3, 0.4) is 0 Å². The van der Waals surface area contributed by atoms with Crippen LogP contribution in [-0.4, -0.2) is 40.7 Å². The topological polar surface area (TPSA) is 56.8 Å². The van der Waals surface area contributed by atoms with Gasteiger partial charge in [0.1, 0.15) is 17.8 Å². The van der Waals surface area contributed by atoms with Crippen molar-refractivity contribution in [2.75, 3.05) is 34.4 Å². The summed E-state index contributed by atoms with van der Waals surface area (Å²) in [5.41, 5.74) is 1.06. The molecule has 2 atom stereocenters. The summed E-state index contributed by atoms with van der Waals surface area (Å²) >= 11 is 0. The molecule has 0 bridgehead atoms. The monoisotopic (exact) mass is 429 g/mol. The van der Waals surface area contributed by atoms with Crippen molar-refractivity contribution in [2.45, 2.75) is 46.0 Å². The molecule has 1 unspecified atom stereocenters. The third-order valence-corrected chi connectivity index (χ3v) is 6.49. The summed E-state index contributed by atoms with van der Waals surface area (Å²) < 4.78 is 16.8. The number of hydrogen-bond acceptors (Lipinski definition) is 5. The van der Waals surface area contributed by atoms with Crippen molar-refractivity contribution in [1.29, 1.82) is 0 Å². The number of ether oxygens (including phenoxy) is 3. The molecule has 5 heteroatoms. The van der Waals surface area contributed by atoms with E-state index in [1.54, 1.807) is 21.3 Å². The molecule has 0 spiro atoms. The first kappa shape index (κ1) is 25.0. The Kier molecular flexibility index (Phi) is 10.1. The normalized spacial score (nSPS) is 20.8. The summed E-state index contributed by atoms with van der Waals surface area (Å²) in [6, 6.07) is 8.26. The Bertz CT molecular complexity index is 756. The lowest BCUT2D eigenvalue weighted by Gasteiger charge is -2.45. The molecule has 0 saturated carbocycles. The van der Waals surface area contributed by atoms with Crippen LogP contribution in [0.1, 0.15) is 45.1 Å². The van der Waals surface area contributed by atoms with E-state index in [0.717, 1.165) is 62.3 Å². The van der Waals surface area contributed by atoms with Gasteiger partial charge in [-0.25, -0.2) is 0 Å². The van der Waals surface area contributed by atoms with Crippen molar-refractivity contribution < 1.29 is 19.0 Å². The first-order chi connectivity index (χ1) is 15.0. The standard InChI is InChI=1S/C26H39NO4/c1-20(2)26(22(14-18-28)12-13-24(30-4)25(26)31-5)15-8-17-27-16-7-10-21-9-6-11-23(19-21)29-3/h6,9,11-13,18-20,22,27H,7-8,10,14-17H2,1-5H3/t22-,26?/m0/s1. The van der Waals surface area contributed by atoms with Crippen LogP contribution in [0.4, 0.5) is 0 Å². The second-order valence-electron chi connectivity index (χ2n) is 8.47. The number of aldehydes is 1. The fourth-order valence-corrected chi connectivity index (χ4v) is 4.85. The molecule has 172 valence electrons. The first-order valence-corrected chi connectivity index (χ1v) is 11.3. The Hall–Kier alpha value is -2.27. The third-order valence-electron chi connectivity index (χ3n) is 6.49. The molecule has 0 aromatic heterocycles. The van der Waals surface area contributed by atoms with Crippen molar-refractivity contribution >= 4 is 6.29 Å². The van der Waals surface area contributed by atoms with Crippen LogP contribution in [0, 0.1) is 17.3 Å². The molecule has 0 aliphatic heterocycles. The molecule has 1 aromatic rings. The van der Waals surface area contributed by atoms with E-state index in [2.05, 4.69) is 37.4 Å². The summed E-state index contributed by atoms with van der Waals surface area (Å²) in [4.78, 5) is 11.4. The zero-order valence-corrected chi connectivity index (χ0v) is 19.8. The molecular formula is C26H39NO4. The fourth-order valence-electron chi connectivity index (χ4n) is 4.85. The van der Waals surface area contributed by atoms with Gasteiger partial charge < -0.3 is 24.3 Å². The largest absolute Gasteiger partial charge is 0.497 e. The Morgan fingerprint density at radius 3 is 2.52 bits per heavy atom. The zero-order valence-electron chi connectivity index (χ0n) is 19.8. The summed E-state index contributed by atoms with van der Waals surface area (Å²) in [6.07, 6.45) is 9.63. The van der Waals surface area contributed by atoms with E-state index < -0.39 is 0 Å². The van der Waals surface area contributed by atoms with Crippen LogP contribution >= 0.6 is 0 Å². The minimum Gasteiger partial charge on any atom is -0.497 e.